The summed E-state index contributed by atoms with van der Waals surface area (Å²) in [5, 5.41) is 0. The Morgan fingerprint density at radius 2 is 1.58 bits per heavy atom. The molecule has 1 unspecified atom stereocenters. The second-order valence-electron chi connectivity index (χ2n) is 10.8. The molecule has 1 atom stereocenters. The Labute approximate surface area is 218 Å². The van der Waals surface area contributed by atoms with Crippen molar-refractivity contribution in [3.63, 3.8) is 0 Å². The highest BCUT2D eigenvalue weighted by Crippen LogP contribution is 2.54. The second kappa shape index (κ2) is 12.2. The van der Waals surface area contributed by atoms with Gasteiger partial charge >= 0.3 is 7.60 Å². The van der Waals surface area contributed by atoms with Crippen LogP contribution in [0, 0.1) is 6.92 Å². The Morgan fingerprint density at radius 3 is 2.11 bits per heavy atom. The molecular formula is C29H44O5P2. The van der Waals surface area contributed by atoms with Crippen LogP contribution in [-0.2, 0) is 19.1 Å². The molecule has 2 aromatic carbocycles. The number of unbranched alkanes of at least 4 members (excludes halogenated alkanes) is 3. The highest BCUT2D eigenvalue weighted by molar-refractivity contribution is 7.57. The molecule has 0 aliphatic heterocycles. The van der Waals surface area contributed by atoms with Crippen LogP contribution in [0.5, 0.6) is 11.5 Å². The first kappa shape index (κ1) is 30.4. The van der Waals surface area contributed by atoms with Crippen LogP contribution in [0.2, 0.25) is 0 Å². The van der Waals surface area contributed by atoms with Crippen LogP contribution in [0.1, 0.15) is 76.5 Å². The van der Waals surface area contributed by atoms with Crippen molar-refractivity contribution in [1.29, 1.82) is 0 Å². The van der Waals surface area contributed by atoms with Crippen LogP contribution < -0.4 is 9.05 Å². The van der Waals surface area contributed by atoms with Crippen molar-refractivity contribution in [2.24, 2.45) is 0 Å². The zero-order valence-corrected chi connectivity index (χ0v) is 25.4. The normalized spacial score (nSPS) is 13.8. The number of hydrogen-bond acceptors (Lipinski definition) is 5. The van der Waals surface area contributed by atoms with Crippen LogP contribution in [-0.4, -0.2) is 27.1 Å². The molecule has 0 saturated heterocycles. The zero-order valence-electron chi connectivity index (χ0n) is 23.6. The van der Waals surface area contributed by atoms with E-state index in [0.29, 0.717) is 17.1 Å². The van der Waals surface area contributed by atoms with Gasteiger partial charge in [-0.3, -0.25) is 4.57 Å². The summed E-state index contributed by atoms with van der Waals surface area (Å²) in [5.74, 6) is 0.833. The van der Waals surface area contributed by atoms with Gasteiger partial charge in [-0.1, -0.05) is 82.4 Å². The maximum atomic E-state index is 13.1. The molecule has 0 bridgehead atoms. The summed E-state index contributed by atoms with van der Waals surface area (Å²) in [6.07, 6.45) is 5.62. The van der Waals surface area contributed by atoms with Crippen molar-refractivity contribution < 1.29 is 22.7 Å². The minimum Gasteiger partial charge on any atom is -0.442 e. The molecule has 0 aliphatic rings. The number of rotatable bonds is 13. The second-order valence-corrected chi connectivity index (χ2v) is 15.5. The highest BCUT2D eigenvalue weighted by Gasteiger charge is 2.30. The van der Waals surface area contributed by atoms with E-state index in [9.17, 15) is 9.13 Å². The number of aryl methyl sites for hydroxylation is 1. The van der Waals surface area contributed by atoms with Gasteiger partial charge in [0.25, 0.3) is 0 Å². The smallest absolute Gasteiger partial charge is 0.375 e. The Bertz CT molecular complexity index is 1180. The maximum Gasteiger partial charge on any atom is 0.375 e. The van der Waals surface area contributed by atoms with Gasteiger partial charge in [0.05, 0.1) is 5.56 Å². The Morgan fingerprint density at radius 1 is 0.972 bits per heavy atom. The summed E-state index contributed by atoms with van der Waals surface area (Å²) in [4.78, 5) is 0. The minimum atomic E-state index is -3.41. The molecule has 200 valence electrons. The van der Waals surface area contributed by atoms with E-state index in [0.717, 1.165) is 40.7 Å². The van der Waals surface area contributed by atoms with Gasteiger partial charge in [0.2, 0.25) is 7.37 Å². The summed E-state index contributed by atoms with van der Waals surface area (Å²) < 4.78 is 43.5. The summed E-state index contributed by atoms with van der Waals surface area (Å²) in [5.41, 5.74) is 5.01. The number of allylic oxidation sites excluding steroid dienone is 1. The van der Waals surface area contributed by atoms with Crippen LogP contribution in [0.3, 0.4) is 0 Å². The minimum absolute atomic E-state index is 0.206. The third kappa shape index (κ3) is 8.37. The Balaban J connectivity index is 2.88. The van der Waals surface area contributed by atoms with Crippen molar-refractivity contribution in [2.45, 2.75) is 72.1 Å². The molecule has 0 amide bonds. The van der Waals surface area contributed by atoms with Gasteiger partial charge in [-0.15, -0.1) is 0 Å². The van der Waals surface area contributed by atoms with Crippen molar-refractivity contribution in [3.05, 3.63) is 53.6 Å². The van der Waals surface area contributed by atoms with E-state index in [-0.39, 0.29) is 5.41 Å². The van der Waals surface area contributed by atoms with E-state index in [1.165, 1.54) is 33.0 Å². The lowest BCUT2D eigenvalue weighted by atomic mass is 9.79. The Kier molecular flexibility index (Phi) is 10.3. The van der Waals surface area contributed by atoms with Crippen molar-refractivity contribution in [3.8, 4) is 22.6 Å². The zero-order chi connectivity index (χ0) is 27.3. The van der Waals surface area contributed by atoms with Crippen LogP contribution in [0.25, 0.3) is 16.7 Å². The topological polar surface area (TPSA) is 61.8 Å². The van der Waals surface area contributed by atoms with Gasteiger partial charge in [-0.25, -0.2) is 4.57 Å². The van der Waals surface area contributed by atoms with E-state index < -0.39 is 15.0 Å². The van der Waals surface area contributed by atoms with Gasteiger partial charge in [-0.05, 0) is 54.5 Å². The lowest BCUT2D eigenvalue weighted by molar-refractivity contribution is 0.328. The molecule has 0 aromatic heterocycles. The number of hydrogen-bond donors (Lipinski definition) is 0. The van der Waals surface area contributed by atoms with Crippen molar-refractivity contribution in [1.82, 2.24) is 0 Å². The molecule has 0 radical (unpaired) electrons. The molecular weight excluding hydrogens is 490 g/mol. The van der Waals surface area contributed by atoms with Crippen LogP contribution in [0.4, 0.5) is 0 Å². The Hall–Kier alpha value is -1.80. The molecule has 0 saturated carbocycles. The lowest BCUT2D eigenvalue weighted by Gasteiger charge is -2.29. The quantitative estimate of drug-likeness (QED) is 0.189. The molecule has 2 rings (SSSR count). The van der Waals surface area contributed by atoms with Gasteiger partial charge in [-0.2, -0.15) is 0 Å². The van der Waals surface area contributed by atoms with Gasteiger partial charge in [0.15, 0.2) is 0 Å². The first-order chi connectivity index (χ1) is 16.6. The van der Waals surface area contributed by atoms with Gasteiger partial charge < -0.3 is 13.6 Å². The molecule has 2 aromatic rings. The van der Waals surface area contributed by atoms with Crippen molar-refractivity contribution in [2.75, 3.05) is 27.1 Å². The van der Waals surface area contributed by atoms with Crippen molar-refractivity contribution >= 4 is 20.5 Å². The maximum absolute atomic E-state index is 13.1. The third-order valence-electron chi connectivity index (χ3n) is 6.32. The summed E-state index contributed by atoms with van der Waals surface area (Å²) >= 11 is 0. The molecule has 0 N–H and O–H groups in total. The predicted octanol–water partition coefficient (Wildman–Crippen LogP) is 9.71. The number of benzene rings is 2. The summed E-state index contributed by atoms with van der Waals surface area (Å²) in [6, 6.07) is 9.97. The molecule has 5 nitrogen and oxygen atoms in total. The highest BCUT2D eigenvalue weighted by atomic mass is 31.2. The van der Waals surface area contributed by atoms with E-state index in [2.05, 4.69) is 27.4 Å². The van der Waals surface area contributed by atoms with E-state index >= 15 is 0 Å². The lowest BCUT2D eigenvalue weighted by Crippen LogP contribution is -2.17. The van der Waals surface area contributed by atoms with Crippen LogP contribution >= 0.6 is 15.0 Å². The van der Waals surface area contributed by atoms with Gasteiger partial charge in [0.1, 0.15) is 11.5 Å². The molecule has 0 spiro atoms. The van der Waals surface area contributed by atoms with Crippen LogP contribution in [0.15, 0.2) is 36.9 Å². The molecule has 7 heteroatoms. The SMILES string of the molecule is C=C(C)c1ccc(C)cc1-c1c(OP(C)(C)=O)cc(C(C)(C)CCCCCC)cc1OP(C)(=O)OC. The molecule has 36 heavy (non-hydrogen) atoms. The average molecular weight is 535 g/mol. The van der Waals surface area contributed by atoms with E-state index in [4.69, 9.17) is 13.6 Å². The first-order valence-electron chi connectivity index (χ1n) is 12.6. The van der Waals surface area contributed by atoms with Gasteiger partial charge in [0, 0.05) is 27.1 Å². The van der Waals surface area contributed by atoms with E-state index in [1.54, 1.807) is 13.3 Å². The predicted molar refractivity (Wildman–Crippen MR) is 154 cm³/mol. The summed E-state index contributed by atoms with van der Waals surface area (Å²) in [6.45, 7) is 19.3. The molecule has 0 heterocycles. The monoisotopic (exact) mass is 534 g/mol. The fourth-order valence-corrected chi connectivity index (χ4v) is 5.41. The standard InChI is InChI=1S/C29H44O5P2/c1-11-12-13-14-17-29(5,6)23-19-26(33-35(8,9)30)28(27(20-23)34-36(10,31)32-7)25-18-22(4)15-16-24(25)21(2)3/h15-16,18-20H,2,11-14,17H2,1,3-10H3. The third-order valence-corrected chi connectivity index (χ3v) is 8.15. The first-order valence-corrected chi connectivity index (χ1v) is 17.1. The van der Waals surface area contributed by atoms with E-state index in [1.807, 2.05) is 44.2 Å². The fourth-order valence-electron chi connectivity index (χ4n) is 4.22. The average Bonchev–Trinajstić information content (AvgIpc) is 2.75. The fraction of sp³-hybridized carbons (Fsp3) is 0.517. The largest absolute Gasteiger partial charge is 0.442 e. The molecule has 0 fully saturated rings. The molecule has 0 aliphatic carbocycles. The summed E-state index contributed by atoms with van der Waals surface area (Å²) in [7, 11) is -4.99.